The third-order valence-corrected chi connectivity index (χ3v) is 1.32. The van der Waals surface area contributed by atoms with Crippen molar-refractivity contribution in [1.29, 1.82) is 0 Å². The van der Waals surface area contributed by atoms with E-state index in [2.05, 4.69) is 6.42 Å². The zero-order valence-electron chi connectivity index (χ0n) is 5.02. The molecule has 2 heteroatoms. The molecule has 1 aliphatic carbocycles. The molecule has 0 saturated heterocycles. The van der Waals surface area contributed by atoms with E-state index in [1.165, 1.54) is 32.1 Å². The average Bonchev–Trinajstić information content (AvgIpc) is 1.72. The second kappa shape index (κ2) is 8.17. The van der Waals surface area contributed by atoms with E-state index in [0.29, 0.717) is 0 Å². The molecule has 0 aromatic carbocycles. The van der Waals surface area contributed by atoms with Crippen molar-refractivity contribution in [3.05, 3.63) is 6.42 Å². The predicted molar refractivity (Wildman–Crippen MR) is 34.6 cm³/mol. The van der Waals surface area contributed by atoms with Gasteiger partial charge in [0.1, 0.15) is 0 Å². The quantitative estimate of drug-likeness (QED) is 0.540. The summed E-state index contributed by atoms with van der Waals surface area (Å²) in [6.07, 6.45) is 9.50. The largest absolute Gasteiger partial charge is 0.328 e. The number of rotatable bonds is 0. The summed E-state index contributed by atoms with van der Waals surface area (Å²) >= 11 is 0. The molecule has 1 aliphatic rings. The van der Waals surface area contributed by atoms with E-state index in [4.69, 9.17) is 0 Å². The van der Waals surface area contributed by atoms with Gasteiger partial charge in [-0.25, -0.2) is 0 Å². The van der Waals surface area contributed by atoms with Gasteiger partial charge >= 0.3 is 0 Å². The van der Waals surface area contributed by atoms with Crippen LogP contribution < -0.4 is 0 Å². The molecule has 0 aromatic heterocycles. The van der Waals surface area contributed by atoms with Crippen LogP contribution in [0, 0.1) is 6.42 Å². The predicted octanol–water partition coefficient (Wildman–Crippen LogP) is 2.57. The summed E-state index contributed by atoms with van der Waals surface area (Å²) in [6, 6.07) is 0. The van der Waals surface area contributed by atoms with Crippen LogP contribution >= 0.6 is 12.4 Å². The maximum absolute atomic E-state index is 2.39. The van der Waals surface area contributed by atoms with Gasteiger partial charge in [-0.3, -0.25) is 0 Å². The van der Waals surface area contributed by atoms with Crippen molar-refractivity contribution >= 4 is 12.4 Å². The Morgan fingerprint density at radius 3 is 1.50 bits per heavy atom. The fourth-order valence-corrected chi connectivity index (χ4v) is 0.898. The van der Waals surface area contributed by atoms with Crippen LogP contribution in [0.15, 0.2) is 0 Å². The van der Waals surface area contributed by atoms with Crippen molar-refractivity contribution in [1.82, 2.24) is 0 Å². The zero-order chi connectivity index (χ0) is 4.24. The molecule has 1 fully saturated rings. The molecule has 0 atom stereocenters. The smallest absolute Gasteiger partial charge is 0 e. The topological polar surface area (TPSA) is 0 Å². The van der Waals surface area contributed by atoms with Crippen molar-refractivity contribution in [2.45, 2.75) is 32.1 Å². The summed E-state index contributed by atoms with van der Waals surface area (Å²) in [5.41, 5.74) is 0. The third kappa shape index (κ3) is 5.31. The summed E-state index contributed by atoms with van der Waals surface area (Å²) in [6.45, 7) is 0. The van der Waals surface area contributed by atoms with Crippen molar-refractivity contribution in [2.24, 2.45) is 0 Å². The number of halogens is 1. The van der Waals surface area contributed by atoms with Crippen LogP contribution in [-0.2, 0) is 26.2 Å². The van der Waals surface area contributed by atoms with Gasteiger partial charge < -0.3 is 6.42 Å². The van der Waals surface area contributed by atoms with Crippen molar-refractivity contribution in [3.8, 4) is 0 Å². The van der Waals surface area contributed by atoms with Gasteiger partial charge in [-0.2, -0.15) is 12.8 Å². The Balaban J connectivity index is 0. The van der Waals surface area contributed by atoms with Crippen LogP contribution in [0.25, 0.3) is 0 Å². The van der Waals surface area contributed by atoms with E-state index in [-0.39, 0.29) is 38.6 Å². The van der Waals surface area contributed by atoms with E-state index < -0.39 is 0 Å². The zero-order valence-corrected chi connectivity index (χ0v) is 8.30. The van der Waals surface area contributed by atoms with Gasteiger partial charge in [0.2, 0.25) is 0 Å². The molecule has 0 radical (unpaired) electrons. The van der Waals surface area contributed by atoms with Crippen LogP contribution in [-0.4, -0.2) is 0 Å². The minimum Gasteiger partial charge on any atom is -0.328 e. The molecular weight excluding hydrogens is 199 g/mol. The summed E-state index contributed by atoms with van der Waals surface area (Å²) in [7, 11) is 0. The summed E-state index contributed by atoms with van der Waals surface area (Å²) < 4.78 is 0. The Morgan fingerprint density at radius 1 is 0.875 bits per heavy atom. The molecule has 0 aromatic rings. The number of hydrogen-bond acceptors (Lipinski definition) is 0. The van der Waals surface area contributed by atoms with Crippen molar-refractivity contribution < 1.29 is 26.2 Å². The fourth-order valence-electron chi connectivity index (χ4n) is 0.898. The first-order valence-electron chi connectivity index (χ1n) is 2.82. The van der Waals surface area contributed by atoms with Gasteiger partial charge in [0, 0.05) is 26.2 Å². The van der Waals surface area contributed by atoms with Gasteiger partial charge in [-0.1, -0.05) is 19.3 Å². The minimum atomic E-state index is 0. The third-order valence-electron chi connectivity index (χ3n) is 1.32. The molecule has 48 valence electrons. The van der Waals surface area contributed by atoms with E-state index in [1.807, 2.05) is 0 Å². The molecular formula is C6H12ClZr-. The first-order chi connectivity index (χ1) is 3.00. The van der Waals surface area contributed by atoms with Gasteiger partial charge in [-0.15, -0.1) is 12.4 Å². The standard InChI is InChI=1S/C6H11.ClH.Zr/c1-2-4-6-5-3-1;;/h1H,2-6H2;1H;/q-1;;. The Morgan fingerprint density at radius 2 is 1.38 bits per heavy atom. The molecule has 0 nitrogen and oxygen atoms in total. The second-order valence-corrected chi connectivity index (χ2v) is 1.93. The fraction of sp³-hybridized carbons (Fsp3) is 0.833. The van der Waals surface area contributed by atoms with E-state index in [0.717, 1.165) is 0 Å². The maximum atomic E-state index is 2.39. The van der Waals surface area contributed by atoms with Gasteiger partial charge in [-0.05, 0) is 0 Å². The molecule has 0 spiro atoms. The van der Waals surface area contributed by atoms with E-state index in [9.17, 15) is 0 Å². The molecule has 8 heavy (non-hydrogen) atoms. The molecule has 0 heterocycles. The minimum absolute atomic E-state index is 0. The first kappa shape index (κ1) is 11.9. The van der Waals surface area contributed by atoms with Crippen molar-refractivity contribution in [2.75, 3.05) is 0 Å². The first-order valence-corrected chi connectivity index (χ1v) is 2.82. The molecule has 0 aliphatic heterocycles. The monoisotopic (exact) mass is 209 g/mol. The van der Waals surface area contributed by atoms with Crippen molar-refractivity contribution in [3.63, 3.8) is 0 Å². The number of hydrogen-bond donors (Lipinski definition) is 0. The maximum Gasteiger partial charge on any atom is 0 e. The Hall–Kier alpha value is 1.17. The Bertz CT molecular complexity index is 24.0. The molecule has 1 rings (SSSR count). The SMILES string of the molecule is Cl.[CH-]1CCCCC1.[Zr]. The molecule has 0 N–H and O–H groups in total. The van der Waals surface area contributed by atoms with Crippen LogP contribution in [0.2, 0.25) is 0 Å². The molecule has 0 amide bonds. The second-order valence-electron chi connectivity index (χ2n) is 1.93. The van der Waals surface area contributed by atoms with Gasteiger partial charge in [0.05, 0.1) is 0 Å². The van der Waals surface area contributed by atoms with Crippen LogP contribution in [0.1, 0.15) is 32.1 Å². The summed E-state index contributed by atoms with van der Waals surface area (Å²) in [4.78, 5) is 0. The normalized spacial score (nSPS) is 18.0. The van der Waals surface area contributed by atoms with Crippen LogP contribution in [0.4, 0.5) is 0 Å². The molecule has 1 saturated carbocycles. The van der Waals surface area contributed by atoms with Crippen LogP contribution in [0.5, 0.6) is 0 Å². The van der Waals surface area contributed by atoms with Gasteiger partial charge in [0.25, 0.3) is 0 Å². The molecule has 0 bridgehead atoms. The Kier molecular flexibility index (Phi) is 12.2. The van der Waals surface area contributed by atoms with Gasteiger partial charge in [0.15, 0.2) is 0 Å². The Labute approximate surface area is 77.0 Å². The van der Waals surface area contributed by atoms with Crippen LogP contribution in [0.3, 0.4) is 0 Å². The average molecular weight is 211 g/mol. The summed E-state index contributed by atoms with van der Waals surface area (Å²) in [5, 5.41) is 0. The van der Waals surface area contributed by atoms with E-state index in [1.54, 1.807) is 0 Å². The molecule has 0 unspecified atom stereocenters. The van der Waals surface area contributed by atoms with E-state index >= 15 is 0 Å². The summed E-state index contributed by atoms with van der Waals surface area (Å²) in [5.74, 6) is 0.